The van der Waals surface area contributed by atoms with Gasteiger partial charge in [-0.25, -0.2) is 0 Å². The first kappa shape index (κ1) is 18.7. The lowest BCUT2D eigenvalue weighted by Gasteiger charge is -2.58. The van der Waals surface area contributed by atoms with E-state index in [-0.39, 0.29) is 48.6 Å². The van der Waals surface area contributed by atoms with Gasteiger partial charge in [0.1, 0.15) is 12.2 Å². The minimum atomic E-state index is -0.908. The zero-order valence-corrected chi connectivity index (χ0v) is 16.6. The van der Waals surface area contributed by atoms with Crippen LogP contribution in [0.4, 0.5) is 0 Å². The van der Waals surface area contributed by atoms with Crippen molar-refractivity contribution in [1.29, 1.82) is 0 Å². The number of carboxylic acid groups (broad SMARTS) is 1. The molecule has 7 nitrogen and oxygen atoms in total. The van der Waals surface area contributed by atoms with Crippen LogP contribution >= 0.6 is 0 Å². The number of rotatable bonds is 5. The quantitative estimate of drug-likeness (QED) is 0.731. The van der Waals surface area contributed by atoms with Gasteiger partial charge in [0.2, 0.25) is 0 Å². The molecule has 7 heteroatoms. The molecule has 29 heavy (non-hydrogen) atoms. The van der Waals surface area contributed by atoms with Crippen LogP contribution < -0.4 is 4.74 Å². The normalized spacial score (nSPS) is 34.2. The maximum atomic E-state index is 12.4. The molecule has 2 aliphatic heterocycles. The zero-order valence-electron chi connectivity index (χ0n) is 16.6. The van der Waals surface area contributed by atoms with E-state index in [0.29, 0.717) is 17.7 Å². The molecule has 1 aromatic rings. The molecule has 1 spiro atoms. The highest BCUT2D eigenvalue weighted by Crippen LogP contribution is 2.63. The molecule has 5 unspecified atom stereocenters. The number of hydrogen-bond acceptors (Lipinski definition) is 6. The van der Waals surface area contributed by atoms with Gasteiger partial charge in [-0.15, -0.1) is 0 Å². The molecule has 2 aliphatic carbocycles. The number of ether oxygens (including phenoxy) is 2. The summed E-state index contributed by atoms with van der Waals surface area (Å²) in [6, 6.07) is 4.17. The molecule has 0 radical (unpaired) electrons. The SMILES string of the molecule is CN1CCC23c4c5ccc(O)c4OC2C(OC(=O)CCCC(=O)O)CCC3C1C5. The number of likely N-dealkylation sites (tertiary alicyclic amines) is 1. The number of carboxylic acids is 1. The van der Waals surface area contributed by atoms with Crippen LogP contribution in [0.15, 0.2) is 12.1 Å². The number of nitrogens with zero attached hydrogens (tertiary/aromatic N) is 1. The van der Waals surface area contributed by atoms with Crippen molar-refractivity contribution in [3.05, 3.63) is 23.3 Å². The van der Waals surface area contributed by atoms with Gasteiger partial charge in [0.15, 0.2) is 11.5 Å². The Bertz CT molecular complexity index is 869. The highest BCUT2D eigenvalue weighted by Gasteiger charge is 2.66. The van der Waals surface area contributed by atoms with Crippen molar-refractivity contribution >= 4 is 11.9 Å². The molecule has 5 atom stereocenters. The summed E-state index contributed by atoms with van der Waals surface area (Å²) < 4.78 is 12.2. The Balaban J connectivity index is 1.46. The molecule has 156 valence electrons. The van der Waals surface area contributed by atoms with Gasteiger partial charge in [-0.1, -0.05) is 6.07 Å². The topological polar surface area (TPSA) is 96.3 Å². The van der Waals surface area contributed by atoms with E-state index in [2.05, 4.69) is 11.9 Å². The van der Waals surface area contributed by atoms with Crippen molar-refractivity contribution < 1.29 is 29.3 Å². The molecular weight excluding hydrogens is 374 g/mol. The van der Waals surface area contributed by atoms with Crippen LogP contribution in [0, 0.1) is 5.92 Å². The first-order chi connectivity index (χ1) is 13.9. The Hall–Kier alpha value is -2.28. The molecule has 1 aromatic carbocycles. The molecule has 2 heterocycles. The number of benzene rings is 1. The molecule has 2 N–H and O–H groups in total. The summed E-state index contributed by atoms with van der Waals surface area (Å²) in [7, 11) is 2.18. The second-order valence-electron chi connectivity index (χ2n) is 8.99. The van der Waals surface area contributed by atoms with Crippen LogP contribution in [0.1, 0.15) is 49.7 Å². The van der Waals surface area contributed by atoms with Crippen molar-refractivity contribution in [3.8, 4) is 11.5 Å². The number of phenolic OH excluding ortho intramolecular Hbond substituents is 1. The number of esters is 1. The second-order valence-corrected chi connectivity index (χ2v) is 8.99. The Morgan fingerprint density at radius 2 is 2.14 bits per heavy atom. The smallest absolute Gasteiger partial charge is 0.306 e. The van der Waals surface area contributed by atoms with Crippen LogP contribution in [-0.4, -0.2) is 58.9 Å². The molecule has 5 rings (SSSR count). The number of piperidine rings is 1. The number of aromatic hydroxyl groups is 1. The average molecular weight is 401 g/mol. The van der Waals surface area contributed by atoms with Crippen molar-refractivity contribution in [1.82, 2.24) is 4.90 Å². The van der Waals surface area contributed by atoms with Crippen LogP contribution in [0.5, 0.6) is 11.5 Å². The summed E-state index contributed by atoms with van der Waals surface area (Å²) in [4.78, 5) is 25.5. The van der Waals surface area contributed by atoms with E-state index in [1.54, 1.807) is 6.07 Å². The third-order valence-electron chi connectivity index (χ3n) is 7.59. The largest absolute Gasteiger partial charge is 0.504 e. The van der Waals surface area contributed by atoms with E-state index in [1.807, 2.05) is 6.07 Å². The monoisotopic (exact) mass is 401 g/mol. The second kappa shape index (κ2) is 6.62. The number of carbonyl (C=O) groups excluding carboxylic acids is 1. The summed E-state index contributed by atoms with van der Waals surface area (Å²) in [5, 5.41) is 19.3. The lowest BCUT2D eigenvalue weighted by Crippen LogP contribution is -2.66. The minimum absolute atomic E-state index is 0.0393. The molecule has 4 aliphatic rings. The first-order valence-corrected chi connectivity index (χ1v) is 10.6. The lowest BCUT2D eigenvalue weighted by molar-refractivity contribution is -0.166. The summed E-state index contributed by atoms with van der Waals surface area (Å²) in [5.41, 5.74) is 2.16. The molecule has 1 saturated carbocycles. The number of phenols is 1. The third kappa shape index (κ3) is 2.66. The number of hydrogen-bond donors (Lipinski definition) is 2. The molecule has 2 bridgehead atoms. The first-order valence-electron chi connectivity index (χ1n) is 10.6. The van der Waals surface area contributed by atoms with E-state index < -0.39 is 5.97 Å². The Morgan fingerprint density at radius 3 is 2.93 bits per heavy atom. The molecular formula is C22H27NO6. The van der Waals surface area contributed by atoms with E-state index in [0.717, 1.165) is 37.8 Å². The fourth-order valence-corrected chi connectivity index (χ4v) is 6.42. The number of carbonyl (C=O) groups is 2. The van der Waals surface area contributed by atoms with E-state index in [9.17, 15) is 14.7 Å². The van der Waals surface area contributed by atoms with Crippen LogP contribution in [0.2, 0.25) is 0 Å². The van der Waals surface area contributed by atoms with Crippen LogP contribution in [0.25, 0.3) is 0 Å². The van der Waals surface area contributed by atoms with Gasteiger partial charge in [-0.2, -0.15) is 0 Å². The number of aliphatic carboxylic acids is 1. The van der Waals surface area contributed by atoms with Crippen molar-refractivity contribution in [2.45, 2.75) is 68.6 Å². The van der Waals surface area contributed by atoms with Crippen molar-refractivity contribution in [2.75, 3.05) is 13.6 Å². The predicted molar refractivity (Wildman–Crippen MR) is 103 cm³/mol. The summed E-state index contributed by atoms with van der Waals surface area (Å²) in [6.07, 6.45) is 3.25. The highest BCUT2D eigenvalue weighted by atomic mass is 16.6. The maximum Gasteiger partial charge on any atom is 0.306 e. The van der Waals surface area contributed by atoms with Gasteiger partial charge in [-0.05, 0) is 63.2 Å². The van der Waals surface area contributed by atoms with Crippen LogP contribution in [-0.2, 0) is 26.2 Å². The standard InChI is InChI=1S/C22H27NO6/c1-23-10-9-22-13-6-8-16(28-18(27)4-2-3-17(25)26)21(22)29-20-15(24)7-5-12(19(20)22)11-14(13)23/h5,7,13-14,16,21,24H,2-4,6,8-11H2,1H3,(H,25,26). The summed E-state index contributed by atoms with van der Waals surface area (Å²) in [5.74, 6) is -0.113. The molecule has 1 saturated heterocycles. The summed E-state index contributed by atoms with van der Waals surface area (Å²) >= 11 is 0. The van der Waals surface area contributed by atoms with Crippen molar-refractivity contribution in [3.63, 3.8) is 0 Å². The van der Waals surface area contributed by atoms with Gasteiger partial charge < -0.3 is 24.6 Å². The molecule has 2 fully saturated rings. The third-order valence-corrected chi connectivity index (χ3v) is 7.59. The Labute approximate surface area is 169 Å². The fraction of sp³-hybridized carbons (Fsp3) is 0.636. The molecule has 0 amide bonds. The maximum absolute atomic E-state index is 12.4. The zero-order chi connectivity index (χ0) is 20.3. The highest BCUT2D eigenvalue weighted by molar-refractivity contribution is 5.72. The Kier molecular flexibility index (Phi) is 4.28. The van der Waals surface area contributed by atoms with Crippen LogP contribution in [0.3, 0.4) is 0 Å². The molecule has 0 aromatic heterocycles. The van der Waals surface area contributed by atoms with E-state index >= 15 is 0 Å². The number of likely N-dealkylation sites (N-methyl/N-ethyl adjacent to an activating group) is 1. The van der Waals surface area contributed by atoms with Gasteiger partial charge >= 0.3 is 11.9 Å². The Morgan fingerprint density at radius 1 is 1.31 bits per heavy atom. The fourth-order valence-electron chi connectivity index (χ4n) is 6.42. The van der Waals surface area contributed by atoms with Gasteiger partial charge in [0.25, 0.3) is 0 Å². The predicted octanol–water partition coefficient (Wildman–Crippen LogP) is 2.23. The van der Waals surface area contributed by atoms with Crippen molar-refractivity contribution in [2.24, 2.45) is 5.92 Å². The van der Waals surface area contributed by atoms with Gasteiger partial charge in [0.05, 0.1) is 0 Å². The van der Waals surface area contributed by atoms with Gasteiger partial charge in [-0.3, -0.25) is 9.59 Å². The van der Waals surface area contributed by atoms with Gasteiger partial charge in [0, 0.05) is 29.9 Å². The minimum Gasteiger partial charge on any atom is -0.504 e. The van der Waals surface area contributed by atoms with E-state index in [4.69, 9.17) is 14.6 Å². The van der Waals surface area contributed by atoms with E-state index in [1.165, 1.54) is 5.56 Å². The lowest BCUT2D eigenvalue weighted by atomic mass is 9.51. The summed E-state index contributed by atoms with van der Waals surface area (Å²) in [6.45, 7) is 0.953. The average Bonchev–Trinajstić information content (AvgIpc) is 3.03.